The van der Waals surface area contributed by atoms with Gasteiger partial charge in [0.15, 0.2) is 0 Å². The highest BCUT2D eigenvalue weighted by Crippen LogP contribution is 2.24. The molecule has 164 valence electrons. The second-order valence-electron chi connectivity index (χ2n) is 8.22. The van der Waals surface area contributed by atoms with Gasteiger partial charge in [0, 0.05) is 26.1 Å². The molecule has 7 nitrogen and oxygen atoms in total. The third-order valence-electron chi connectivity index (χ3n) is 4.71. The summed E-state index contributed by atoms with van der Waals surface area (Å²) in [5.41, 5.74) is 0.252. The molecule has 0 saturated carbocycles. The van der Waals surface area contributed by atoms with E-state index in [4.69, 9.17) is 9.84 Å². The van der Waals surface area contributed by atoms with Crippen LogP contribution in [0.3, 0.4) is 0 Å². The third kappa shape index (κ3) is 8.41. The molecule has 2 amide bonds. The molecule has 3 unspecified atom stereocenters. The maximum atomic E-state index is 12.3. The fraction of sp³-hybridized carbons (Fsp3) is 0.636. The first kappa shape index (κ1) is 24.9. The molecule has 7 heteroatoms. The van der Waals surface area contributed by atoms with Gasteiger partial charge in [-0.25, -0.2) is 4.79 Å². The van der Waals surface area contributed by atoms with Gasteiger partial charge >= 0.3 is 6.09 Å². The third-order valence-corrected chi connectivity index (χ3v) is 4.71. The van der Waals surface area contributed by atoms with E-state index in [2.05, 4.69) is 5.32 Å². The molecule has 1 aromatic rings. The Morgan fingerprint density at radius 3 is 2.45 bits per heavy atom. The van der Waals surface area contributed by atoms with E-state index in [1.54, 1.807) is 11.8 Å². The minimum absolute atomic E-state index is 0.0277. The van der Waals surface area contributed by atoms with Crippen LogP contribution in [-0.2, 0) is 9.53 Å². The van der Waals surface area contributed by atoms with Crippen LogP contribution >= 0.6 is 0 Å². The van der Waals surface area contributed by atoms with E-state index in [0.717, 1.165) is 25.5 Å². The van der Waals surface area contributed by atoms with Crippen LogP contribution in [0.1, 0.15) is 65.0 Å². The number of rotatable bonds is 6. The van der Waals surface area contributed by atoms with Crippen molar-refractivity contribution >= 4 is 12.0 Å². The number of likely N-dealkylation sites (tertiary alicyclic amines) is 1. The molecule has 1 heterocycles. The van der Waals surface area contributed by atoms with Crippen LogP contribution in [0.2, 0.25) is 0 Å². The van der Waals surface area contributed by atoms with Gasteiger partial charge in [-0.3, -0.25) is 4.79 Å². The second kappa shape index (κ2) is 11.8. The molecule has 1 fully saturated rings. The number of nitrogens with zero attached hydrogens (tertiary/aromatic N) is 1. The Bertz CT molecular complexity index is 630. The highest BCUT2D eigenvalue weighted by molar-refractivity contribution is 5.76. The summed E-state index contributed by atoms with van der Waals surface area (Å²) in [4.78, 5) is 26.3. The number of hydrogen-bond donors (Lipinski definition) is 3. The average Bonchev–Trinajstić information content (AvgIpc) is 3.15. The molecule has 0 radical (unpaired) electrons. The molecular formula is C22H36N2O5. The summed E-state index contributed by atoms with van der Waals surface area (Å²) in [6, 6.07) is 8.93. The van der Waals surface area contributed by atoms with Crippen LogP contribution in [0, 0.1) is 0 Å². The predicted molar refractivity (Wildman–Crippen MR) is 112 cm³/mol. The molecule has 0 aromatic heterocycles. The minimum atomic E-state index is -0.750. The monoisotopic (exact) mass is 408 g/mol. The van der Waals surface area contributed by atoms with Gasteiger partial charge in [0.1, 0.15) is 5.60 Å². The number of nitrogens with one attached hydrogen (secondary N) is 1. The molecule has 1 aliphatic heterocycles. The van der Waals surface area contributed by atoms with E-state index in [1.165, 1.54) is 0 Å². The lowest BCUT2D eigenvalue weighted by Gasteiger charge is -2.28. The smallest absolute Gasteiger partial charge is 0.410 e. The van der Waals surface area contributed by atoms with E-state index >= 15 is 0 Å². The quantitative estimate of drug-likeness (QED) is 0.672. The lowest BCUT2D eigenvalue weighted by Crippen LogP contribution is -2.41. The number of carbonyl (C=O) groups is 2. The first-order valence-electron chi connectivity index (χ1n) is 10.1. The van der Waals surface area contributed by atoms with E-state index < -0.39 is 11.7 Å². The summed E-state index contributed by atoms with van der Waals surface area (Å²) < 4.78 is 5.46. The van der Waals surface area contributed by atoms with Crippen molar-refractivity contribution in [3.8, 4) is 0 Å². The number of hydrogen-bond acceptors (Lipinski definition) is 5. The first-order valence-corrected chi connectivity index (χ1v) is 10.1. The van der Waals surface area contributed by atoms with E-state index in [0.29, 0.717) is 19.4 Å². The molecule has 0 aliphatic carbocycles. The molecular weight excluding hydrogens is 372 g/mol. The van der Waals surface area contributed by atoms with Gasteiger partial charge in [-0.2, -0.15) is 0 Å². The van der Waals surface area contributed by atoms with Gasteiger partial charge in [-0.1, -0.05) is 30.3 Å². The van der Waals surface area contributed by atoms with Gasteiger partial charge in [0.25, 0.3) is 0 Å². The Balaban J connectivity index is 0.00000204. The van der Waals surface area contributed by atoms with Crippen LogP contribution in [0.4, 0.5) is 4.79 Å². The summed E-state index contributed by atoms with van der Waals surface area (Å²) in [6.07, 6.45) is 1.66. The Kier molecular flexibility index (Phi) is 10.1. The second-order valence-corrected chi connectivity index (χ2v) is 8.22. The van der Waals surface area contributed by atoms with Crippen molar-refractivity contribution in [2.45, 2.75) is 77.2 Å². The van der Waals surface area contributed by atoms with E-state index in [9.17, 15) is 14.7 Å². The summed E-state index contributed by atoms with van der Waals surface area (Å²) in [5, 5.41) is 20.2. The summed E-state index contributed by atoms with van der Waals surface area (Å²) >= 11 is 0. The molecule has 1 saturated heterocycles. The van der Waals surface area contributed by atoms with Gasteiger partial charge in [0.2, 0.25) is 5.91 Å². The molecule has 1 aliphatic rings. The number of aliphatic hydroxyl groups excluding tert-OH is 2. The number of benzene rings is 1. The molecule has 2 rings (SSSR count). The zero-order chi connectivity index (χ0) is 22.0. The molecule has 3 N–H and O–H groups in total. The van der Waals surface area contributed by atoms with Gasteiger partial charge in [-0.05, 0) is 52.5 Å². The highest BCUT2D eigenvalue weighted by atomic mass is 16.6. The SMILES string of the molecule is CC(NC(=O)CCC1CCCN1C(=O)OC(C)(C)C)C(O)c1ccccc1.CO. The lowest BCUT2D eigenvalue weighted by atomic mass is 10.0. The van der Waals surface area contributed by atoms with Crippen LogP contribution in [-0.4, -0.2) is 58.5 Å². The van der Waals surface area contributed by atoms with Crippen molar-refractivity contribution < 1.29 is 24.5 Å². The van der Waals surface area contributed by atoms with Crippen LogP contribution in [0.15, 0.2) is 30.3 Å². The fourth-order valence-corrected chi connectivity index (χ4v) is 3.34. The molecule has 29 heavy (non-hydrogen) atoms. The first-order chi connectivity index (χ1) is 13.7. The Labute approximate surface area is 174 Å². The molecule has 0 spiro atoms. The van der Waals surface area contributed by atoms with Gasteiger partial charge in [0.05, 0.1) is 12.1 Å². The number of carbonyl (C=O) groups excluding carboxylic acids is 2. The summed E-state index contributed by atoms with van der Waals surface area (Å²) in [5.74, 6) is -0.117. The van der Waals surface area contributed by atoms with E-state index in [1.807, 2.05) is 51.1 Å². The van der Waals surface area contributed by atoms with Crippen molar-refractivity contribution in [3.63, 3.8) is 0 Å². The van der Waals surface area contributed by atoms with Crippen LogP contribution in [0.25, 0.3) is 0 Å². The number of aliphatic hydroxyl groups is 2. The molecule has 0 bridgehead atoms. The van der Waals surface area contributed by atoms with Crippen molar-refractivity contribution in [3.05, 3.63) is 35.9 Å². The Morgan fingerprint density at radius 1 is 1.24 bits per heavy atom. The topological polar surface area (TPSA) is 99.1 Å². The standard InChI is InChI=1S/C21H32N2O4.CH4O/c1-15(19(25)16-9-6-5-7-10-16)22-18(24)13-12-17-11-8-14-23(17)20(26)27-21(2,3)4;1-2/h5-7,9-10,15,17,19,25H,8,11-14H2,1-4H3,(H,22,24);2H,1H3. The maximum Gasteiger partial charge on any atom is 0.410 e. The molecule has 1 aromatic carbocycles. The fourth-order valence-electron chi connectivity index (χ4n) is 3.34. The largest absolute Gasteiger partial charge is 0.444 e. The van der Waals surface area contributed by atoms with Crippen molar-refractivity contribution in [2.75, 3.05) is 13.7 Å². The Morgan fingerprint density at radius 2 is 1.86 bits per heavy atom. The minimum Gasteiger partial charge on any atom is -0.444 e. The predicted octanol–water partition coefficient (Wildman–Crippen LogP) is 3.01. The lowest BCUT2D eigenvalue weighted by molar-refractivity contribution is -0.122. The summed E-state index contributed by atoms with van der Waals surface area (Å²) in [7, 11) is 1.00. The van der Waals surface area contributed by atoms with E-state index in [-0.39, 0.29) is 24.1 Å². The summed E-state index contributed by atoms with van der Waals surface area (Å²) in [6.45, 7) is 8.01. The number of ether oxygens (including phenoxy) is 1. The zero-order valence-corrected chi connectivity index (χ0v) is 18.2. The maximum absolute atomic E-state index is 12.3. The zero-order valence-electron chi connectivity index (χ0n) is 18.2. The van der Waals surface area contributed by atoms with Gasteiger partial charge in [-0.15, -0.1) is 0 Å². The van der Waals surface area contributed by atoms with Crippen molar-refractivity contribution in [1.82, 2.24) is 10.2 Å². The number of amides is 2. The average molecular weight is 409 g/mol. The Hall–Kier alpha value is -2.12. The van der Waals surface area contributed by atoms with Gasteiger partial charge < -0.3 is 25.2 Å². The normalized spacial score (nSPS) is 18.3. The van der Waals surface area contributed by atoms with Crippen molar-refractivity contribution in [2.24, 2.45) is 0 Å². The highest BCUT2D eigenvalue weighted by Gasteiger charge is 2.32. The van der Waals surface area contributed by atoms with Crippen LogP contribution in [0.5, 0.6) is 0 Å². The molecule has 3 atom stereocenters. The van der Waals surface area contributed by atoms with Crippen molar-refractivity contribution in [1.29, 1.82) is 0 Å². The van der Waals surface area contributed by atoms with Crippen LogP contribution < -0.4 is 5.32 Å².